The molecule has 1 fully saturated rings. The topological polar surface area (TPSA) is 51.7 Å². The van der Waals surface area contributed by atoms with Crippen molar-refractivity contribution < 1.29 is 14.3 Å². The van der Waals surface area contributed by atoms with Gasteiger partial charge in [0.25, 0.3) is 0 Å². The summed E-state index contributed by atoms with van der Waals surface area (Å²) in [6.45, 7) is 6.98. The second kappa shape index (κ2) is 6.67. The number of hydrogen-bond acceptors (Lipinski definition) is 4. The zero-order chi connectivity index (χ0) is 17.2. The van der Waals surface area contributed by atoms with Crippen molar-refractivity contribution in [3.63, 3.8) is 0 Å². The van der Waals surface area contributed by atoms with Gasteiger partial charge >= 0.3 is 6.09 Å². The fraction of sp³-hybridized carbons (Fsp3) is 0.474. The summed E-state index contributed by atoms with van der Waals surface area (Å²) >= 11 is 0. The van der Waals surface area contributed by atoms with Crippen molar-refractivity contribution in [3.05, 3.63) is 36.5 Å². The van der Waals surface area contributed by atoms with E-state index in [2.05, 4.69) is 4.98 Å². The van der Waals surface area contributed by atoms with Crippen LogP contribution in [0.3, 0.4) is 0 Å². The lowest BCUT2D eigenvalue weighted by Gasteiger charge is -2.33. The van der Waals surface area contributed by atoms with E-state index < -0.39 is 5.60 Å². The van der Waals surface area contributed by atoms with Gasteiger partial charge in [-0.2, -0.15) is 0 Å². The Balaban J connectivity index is 1.55. The van der Waals surface area contributed by atoms with Gasteiger partial charge in [-0.1, -0.05) is 6.07 Å². The standard InChI is InChI=1S/C19H24N2O3/c1-19(2,3)24-18(22)21-11-8-15(9-12-21)23-16-6-7-17-14(13-16)5-4-10-20-17/h4-7,10,13,15H,8-9,11-12H2,1-3H3. The van der Waals surface area contributed by atoms with Crippen LogP contribution in [0.15, 0.2) is 36.5 Å². The number of hydrogen-bond donors (Lipinski definition) is 0. The summed E-state index contributed by atoms with van der Waals surface area (Å²) in [4.78, 5) is 18.2. The summed E-state index contributed by atoms with van der Waals surface area (Å²) in [5.41, 5.74) is 0.508. The van der Waals surface area contributed by atoms with Crippen molar-refractivity contribution in [2.45, 2.75) is 45.3 Å². The van der Waals surface area contributed by atoms with E-state index in [1.54, 1.807) is 11.1 Å². The Morgan fingerprint density at radius 2 is 1.96 bits per heavy atom. The van der Waals surface area contributed by atoms with Gasteiger partial charge in [-0.15, -0.1) is 0 Å². The first-order chi connectivity index (χ1) is 11.4. The highest BCUT2D eigenvalue weighted by Crippen LogP contribution is 2.23. The fourth-order valence-electron chi connectivity index (χ4n) is 2.80. The van der Waals surface area contributed by atoms with Crippen LogP contribution in [0.1, 0.15) is 33.6 Å². The Morgan fingerprint density at radius 3 is 2.67 bits per heavy atom. The highest BCUT2D eigenvalue weighted by molar-refractivity contribution is 5.79. The molecular formula is C19H24N2O3. The van der Waals surface area contributed by atoms with E-state index in [-0.39, 0.29) is 12.2 Å². The molecule has 1 aliphatic heterocycles. The summed E-state index contributed by atoms with van der Waals surface area (Å²) in [6, 6.07) is 9.89. The van der Waals surface area contributed by atoms with Gasteiger partial charge in [0.2, 0.25) is 0 Å². The van der Waals surface area contributed by atoms with Crippen LogP contribution in [0.5, 0.6) is 5.75 Å². The first-order valence-corrected chi connectivity index (χ1v) is 8.40. The Morgan fingerprint density at radius 1 is 1.21 bits per heavy atom. The molecule has 1 aromatic carbocycles. The maximum absolute atomic E-state index is 12.1. The largest absolute Gasteiger partial charge is 0.490 e. The SMILES string of the molecule is CC(C)(C)OC(=O)N1CCC(Oc2ccc3ncccc3c2)CC1. The summed E-state index contributed by atoms with van der Waals surface area (Å²) in [7, 11) is 0. The first-order valence-electron chi connectivity index (χ1n) is 8.40. The third-order valence-corrected chi connectivity index (χ3v) is 3.97. The van der Waals surface area contributed by atoms with Crippen LogP contribution in [-0.4, -0.2) is 40.8 Å². The highest BCUT2D eigenvalue weighted by Gasteiger charge is 2.27. The van der Waals surface area contributed by atoms with Gasteiger partial charge in [0.1, 0.15) is 17.5 Å². The first kappa shape index (κ1) is 16.6. The molecule has 0 atom stereocenters. The summed E-state index contributed by atoms with van der Waals surface area (Å²) < 4.78 is 11.5. The maximum atomic E-state index is 12.1. The van der Waals surface area contributed by atoms with Crippen LogP contribution in [0.25, 0.3) is 10.9 Å². The van der Waals surface area contributed by atoms with E-state index in [0.29, 0.717) is 13.1 Å². The van der Waals surface area contributed by atoms with E-state index in [4.69, 9.17) is 9.47 Å². The van der Waals surface area contributed by atoms with Crippen LogP contribution in [0.4, 0.5) is 4.79 Å². The molecular weight excluding hydrogens is 304 g/mol. The zero-order valence-electron chi connectivity index (χ0n) is 14.5. The van der Waals surface area contributed by atoms with E-state index >= 15 is 0 Å². The average Bonchev–Trinajstić information content (AvgIpc) is 2.54. The molecule has 0 bridgehead atoms. The van der Waals surface area contributed by atoms with Gasteiger partial charge in [-0.3, -0.25) is 4.98 Å². The van der Waals surface area contributed by atoms with E-state index in [1.807, 2.05) is 51.1 Å². The molecule has 5 heteroatoms. The molecule has 1 aromatic heterocycles. The van der Waals surface area contributed by atoms with Crippen molar-refractivity contribution in [3.8, 4) is 5.75 Å². The molecule has 128 valence electrons. The number of pyridine rings is 1. The van der Waals surface area contributed by atoms with Crippen molar-refractivity contribution in [1.82, 2.24) is 9.88 Å². The molecule has 2 aromatic rings. The minimum atomic E-state index is -0.455. The molecule has 0 saturated carbocycles. The molecule has 0 unspecified atom stereocenters. The molecule has 0 N–H and O–H groups in total. The second-order valence-electron chi connectivity index (χ2n) is 7.14. The van der Waals surface area contributed by atoms with Crippen molar-refractivity contribution in [1.29, 1.82) is 0 Å². The minimum Gasteiger partial charge on any atom is -0.490 e. The van der Waals surface area contributed by atoms with Crippen LogP contribution in [0, 0.1) is 0 Å². The Labute approximate surface area is 142 Å². The number of piperidine rings is 1. The van der Waals surface area contributed by atoms with Gasteiger partial charge in [0.15, 0.2) is 0 Å². The van der Waals surface area contributed by atoms with E-state index in [0.717, 1.165) is 29.5 Å². The summed E-state index contributed by atoms with van der Waals surface area (Å²) in [5, 5.41) is 1.07. The van der Waals surface area contributed by atoms with Gasteiger partial charge in [0, 0.05) is 37.5 Å². The fourth-order valence-corrected chi connectivity index (χ4v) is 2.80. The Hall–Kier alpha value is -2.30. The molecule has 0 spiro atoms. The van der Waals surface area contributed by atoms with Crippen LogP contribution < -0.4 is 4.74 Å². The lowest BCUT2D eigenvalue weighted by molar-refractivity contribution is 0.0127. The van der Waals surface area contributed by atoms with Crippen LogP contribution in [-0.2, 0) is 4.74 Å². The van der Waals surface area contributed by atoms with E-state index in [1.165, 1.54) is 0 Å². The molecule has 3 rings (SSSR count). The summed E-state index contributed by atoms with van der Waals surface area (Å²) in [6.07, 6.45) is 3.29. The molecule has 1 saturated heterocycles. The number of carbonyl (C=O) groups excluding carboxylic acids is 1. The molecule has 1 aliphatic rings. The van der Waals surface area contributed by atoms with Gasteiger partial charge in [-0.25, -0.2) is 4.79 Å². The van der Waals surface area contributed by atoms with Gasteiger partial charge < -0.3 is 14.4 Å². The maximum Gasteiger partial charge on any atom is 0.410 e. The predicted molar refractivity (Wildman–Crippen MR) is 93.2 cm³/mol. The van der Waals surface area contributed by atoms with Crippen LogP contribution >= 0.6 is 0 Å². The number of rotatable bonds is 2. The number of likely N-dealkylation sites (tertiary alicyclic amines) is 1. The number of ether oxygens (including phenoxy) is 2. The number of aromatic nitrogens is 1. The smallest absolute Gasteiger partial charge is 0.410 e. The third kappa shape index (κ3) is 4.16. The van der Waals surface area contributed by atoms with Crippen molar-refractivity contribution in [2.24, 2.45) is 0 Å². The molecule has 0 aliphatic carbocycles. The Bertz CT molecular complexity index is 716. The van der Waals surface area contributed by atoms with Gasteiger partial charge in [0.05, 0.1) is 5.52 Å². The third-order valence-electron chi connectivity index (χ3n) is 3.97. The molecule has 2 heterocycles. The second-order valence-corrected chi connectivity index (χ2v) is 7.14. The molecule has 24 heavy (non-hydrogen) atoms. The predicted octanol–water partition coefficient (Wildman–Crippen LogP) is 4.01. The van der Waals surface area contributed by atoms with E-state index in [9.17, 15) is 4.79 Å². The Kier molecular flexibility index (Phi) is 4.60. The highest BCUT2D eigenvalue weighted by atomic mass is 16.6. The quantitative estimate of drug-likeness (QED) is 0.836. The number of amides is 1. The molecule has 0 radical (unpaired) electrons. The number of fused-ring (bicyclic) bond motifs is 1. The lowest BCUT2D eigenvalue weighted by Crippen LogP contribution is -2.44. The molecule has 5 nitrogen and oxygen atoms in total. The minimum absolute atomic E-state index is 0.123. The lowest BCUT2D eigenvalue weighted by atomic mass is 10.1. The summed E-state index contributed by atoms with van der Waals surface area (Å²) in [5.74, 6) is 0.853. The number of benzene rings is 1. The normalized spacial score (nSPS) is 16.2. The number of carbonyl (C=O) groups is 1. The van der Waals surface area contributed by atoms with Crippen molar-refractivity contribution in [2.75, 3.05) is 13.1 Å². The van der Waals surface area contributed by atoms with Crippen LogP contribution in [0.2, 0.25) is 0 Å². The zero-order valence-corrected chi connectivity index (χ0v) is 14.5. The molecule has 1 amide bonds. The monoisotopic (exact) mass is 328 g/mol. The van der Waals surface area contributed by atoms with Gasteiger partial charge in [-0.05, 0) is 45.0 Å². The average molecular weight is 328 g/mol. The van der Waals surface area contributed by atoms with Crippen molar-refractivity contribution >= 4 is 17.0 Å². The number of nitrogens with zero attached hydrogens (tertiary/aromatic N) is 2.